The number of nitrogens with one attached hydrogen (secondary N) is 1. The monoisotopic (exact) mass is 327 g/mol. The molecule has 0 spiro atoms. The lowest BCUT2D eigenvalue weighted by atomic mass is 10.2. The number of hydrogen-bond acceptors (Lipinski definition) is 4. The molecule has 0 bridgehead atoms. The third-order valence-electron chi connectivity index (χ3n) is 2.12. The number of hydrogen-bond donors (Lipinski definition) is 2. The highest BCUT2D eigenvalue weighted by atomic mass is 35.5. The van der Waals surface area contributed by atoms with Gasteiger partial charge < -0.3 is 14.6 Å². The quantitative estimate of drug-likeness (QED) is 0.887. The molecular weight excluding hydrogens is 319 g/mol. The minimum absolute atomic E-state index is 0.127. The molecule has 6 nitrogen and oxygen atoms in total. The predicted molar refractivity (Wildman–Crippen MR) is 66.0 cm³/mol. The van der Waals surface area contributed by atoms with Crippen LogP contribution >= 0.6 is 11.6 Å². The maximum Gasteiger partial charge on any atom is 0.422 e. The number of amides is 1. The van der Waals surface area contributed by atoms with Gasteiger partial charge in [-0.05, 0) is 6.07 Å². The number of carbonyl (C=O) groups excluding carboxylic acids is 1. The number of benzene rings is 1. The van der Waals surface area contributed by atoms with Crippen LogP contribution in [0.4, 0.5) is 23.7 Å². The Balaban J connectivity index is 2.89. The Kier molecular flexibility index (Phi) is 5.25. The van der Waals surface area contributed by atoms with Gasteiger partial charge >= 0.3 is 18.2 Å². The van der Waals surface area contributed by atoms with Gasteiger partial charge in [-0.1, -0.05) is 11.6 Å². The Morgan fingerprint density at radius 2 is 2.00 bits per heavy atom. The van der Waals surface area contributed by atoms with Crippen LogP contribution in [0.2, 0.25) is 5.02 Å². The molecule has 0 saturated heterocycles. The molecule has 0 aliphatic rings. The summed E-state index contributed by atoms with van der Waals surface area (Å²) in [5, 5.41) is 10.7. The van der Waals surface area contributed by atoms with Gasteiger partial charge in [-0.3, -0.25) is 5.32 Å². The van der Waals surface area contributed by atoms with E-state index in [1.165, 1.54) is 7.11 Å². The van der Waals surface area contributed by atoms with Gasteiger partial charge in [0.2, 0.25) is 0 Å². The predicted octanol–water partition coefficient (Wildman–Crippen LogP) is 3.16. The highest BCUT2D eigenvalue weighted by molar-refractivity contribution is 6.34. The lowest BCUT2D eigenvalue weighted by molar-refractivity contribution is -0.159. The van der Waals surface area contributed by atoms with Crippen LogP contribution in [0.25, 0.3) is 0 Å². The third kappa shape index (κ3) is 5.03. The lowest BCUT2D eigenvalue weighted by Gasteiger charge is -2.12. The summed E-state index contributed by atoms with van der Waals surface area (Å²) in [6.45, 7) is -1.76. The van der Waals surface area contributed by atoms with Gasteiger partial charge in [-0.2, -0.15) is 13.2 Å². The van der Waals surface area contributed by atoms with Crippen LogP contribution in [0.5, 0.6) is 5.75 Å². The summed E-state index contributed by atoms with van der Waals surface area (Å²) >= 11 is 5.73. The van der Waals surface area contributed by atoms with Gasteiger partial charge in [0.05, 0.1) is 17.8 Å². The average molecular weight is 328 g/mol. The van der Waals surface area contributed by atoms with E-state index in [1.54, 1.807) is 0 Å². The van der Waals surface area contributed by atoms with Crippen LogP contribution in [0, 0.1) is 0 Å². The molecule has 116 valence electrons. The Bertz CT molecular complexity index is 562. The van der Waals surface area contributed by atoms with Crippen molar-refractivity contribution in [2.45, 2.75) is 6.18 Å². The number of carbonyl (C=O) groups is 2. The number of methoxy groups -OCH3 is 1. The van der Waals surface area contributed by atoms with Crippen molar-refractivity contribution in [3.05, 3.63) is 22.7 Å². The van der Waals surface area contributed by atoms with Crippen LogP contribution in [0.1, 0.15) is 10.4 Å². The first-order valence-electron chi connectivity index (χ1n) is 5.25. The standard InChI is InChI=1S/C11H9ClF3NO5/c1-20-8-3-7(6(12)2-5(8)9(17)18)16-10(19)21-4-11(13,14)15/h2-3H,4H2,1H3,(H,16,19)(H,17,18). The molecule has 0 fully saturated rings. The number of halogens is 4. The summed E-state index contributed by atoms with van der Waals surface area (Å²) in [5.74, 6) is -1.45. The van der Waals surface area contributed by atoms with Gasteiger partial charge in [-0.15, -0.1) is 0 Å². The largest absolute Gasteiger partial charge is 0.496 e. The number of carboxylic acid groups (broad SMARTS) is 1. The molecule has 0 atom stereocenters. The molecule has 0 unspecified atom stereocenters. The summed E-state index contributed by atoms with van der Waals surface area (Å²) in [4.78, 5) is 22.1. The molecule has 1 aromatic carbocycles. The molecule has 21 heavy (non-hydrogen) atoms. The first-order chi connectivity index (χ1) is 9.64. The second-order valence-corrected chi connectivity index (χ2v) is 4.06. The van der Waals surface area contributed by atoms with Crippen molar-refractivity contribution in [1.29, 1.82) is 0 Å². The maximum absolute atomic E-state index is 11.9. The minimum Gasteiger partial charge on any atom is -0.496 e. The van der Waals surface area contributed by atoms with Gasteiger partial charge in [0.25, 0.3) is 0 Å². The van der Waals surface area contributed by atoms with Crippen molar-refractivity contribution in [2.75, 3.05) is 19.0 Å². The summed E-state index contributed by atoms with van der Waals surface area (Å²) < 4.78 is 44.3. The highest BCUT2D eigenvalue weighted by Gasteiger charge is 2.29. The third-order valence-corrected chi connectivity index (χ3v) is 2.44. The molecular formula is C11H9ClF3NO5. The van der Waals surface area contributed by atoms with E-state index in [9.17, 15) is 22.8 Å². The fraction of sp³-hybridized carbons (Fsp3) is 0.273. The Morgan fingerprint density at radius 1 is 1.38 bits per heavy atom. The molecule has 0 aromatic heterocycles. The fourth-order valence-electron chi connectivity index (χ4n) is 1.28. The van der Waals surface area contributed by atoms with Crippen LogP contribution < -0.4 is 10.1 Å². The molecule has 0 heterocycles. The minimum atomic E-state index is -4.66. The molecule has 10 heteroatoms. The SMILES string of the molecule is COc1cc(NC(=O)OCC(F)(F)F)c(Cl)cc1C(=O)O. The van der Waals surface area contributed by atoms with E-state index in [2.05, 4.69) is 4.74 Å². The van der Waals surface area contributed by atoms with E-state index in [0.717, 1.165) is 12.1 Å². The normalized spacial score (nSPS) is 10.9. The number of alkyl halides is 3. The van der Waals surface area contributed by atoms with Crippen LogP contribution in [-0.4, -0.2) is 37.1 Å². The molecule has 0 aliphatic carbocycles. The van der Waals surface area contributed by atoms with E-state index in [-0.39, 0.29) is 22.0 Å². The number of ether oxygens (including phenoxy) is 2. The topological polar surface area (TPSA) is 84.9 Å². The Hall–Kier alpha value is -2.16. The zero-order valence-electron chi connectivity index (χ0n) is 10.5. The molecule has 2 N–H and O–H groups in total. The van der Waals surface area contributed by atoms with Crippen LogP contribution in [-0.2, 0) is 4.74 Å². The summed E-state index contributed by atoms with van der Waals surface area (Å²) in [6.07, 6.45) is -6.05. The summed E-state index contributed by atoms with van der Waals surface area (Å²) in [7, 11) is 1.18. The van der Waals surface area contributed by atoms with Crippen molar-refractivity contribution < 1.29 is 37.3 Å². The molecule has 1 amide bonds. The Labute approximate surface area is 121 Å². The highest BCUT2D eigenvalue weighted by Crippen LogP contribution is 2.31. The fourth-order valence-corrected chi connectivity index (χ4v) is 1.49. The zero-order valence-corrected chi connectivity index (χ0v) is 11.2. The molecule has 1 aromatic rings. The first kappa shape index (κ1) is 16.9. The zero-order chi connectivity index (χ0) is 16.2. The van der Waals surface area contributed by atoms with Crippen molar-refractivity contribution >= 4 is 29.4 Å². The van der Waals surface area contributed by atoms with Crippen molar-refractivity contribution in [1.82, 2.24) is 0 Å². The van der Waals surface area contributed by atoms with Gasteiger partial charge in [0, 0.05) is 6.07 Å². The number of aromatic carboxylic acids is 1. The number of carboxylic acids is 1. The first-order valence-corrected chi connectivity index (χ1v) is 5.63. The summed E-state index contributed by atoms with van der Waals surface area (Å²) in [5.41, 5.74) is -0.414. The maximum atomic E-state index is 11.9. The van der Waals surface area contributed by atoms with E-state index in [4.69, 9.17) is 21.4 Å². The number of anilines is 1. The lowest BCUT2D eigenvalue weighted by Crippen LogP contribution is -2.23. The molecule has 1 rings (SSSR count). The van der Waals surface area contributed by atoms with Crippen molar-refractivity contribution in [3.63, 3.8) is 0 Å². The van der Waals surface area contributed by atoms with E-state index in [0.29, 0.717) is 0 Å². The van der Waals surface area contributed by atoms with Crippen molar-refractivity contribution in [3.8, 4) is 5.75 Å². The van der Waals surface area contributed by atoms with Crippen molar-refractivity contribution in [2.24, 2.45) is 0 Å². The van der Waals surface area contributed by atoms with Gasteiger partial charge in [0.1, 0.15) is 11.3 Å². The van der Waals surface area contributed by atoms with Gasteiger partial charge in [0.15, 0.2) is 6.61 Å². The molecule has 0 saturated carbocycles. The van der Waals surface area contributed by atoms with E-state index < -0.39 is 24.8 Å². The second-order valence-electron chi connectivity index (χ2n) is 3.65. The van der Waals surface area contributed by atoms with E-state index in [1.807, 2.05) is 5.32 Å². The average Bonchev–Trinajstić information content (AvgIpc) is 2.37. The van der Waals surface area contributed by atoms with Crippen LogP contribution in [0.15, 0.2) is 12.1 Å². The molecule has 0 aliphatic heterocycles. The number of rotatable bonds is 4. The van der Waals surface area contributed by atoms with Crippen LogP contribution in [0.3, 0.4) is 0 Å². The second kappa shape index (κ2) is 6.53. The van der Waals surface area contributed by atoms with Gasteiger partial charge in [-0.25, -0.2) is 9.59 Å². The smallest absolute Gasteiger partial charge is 0.422 e. The van der Waals surface area contributed by atoms with E-state index >= 15 is 0 Å². The molecule has 0 radical (unpaired) electrons. The summed E-state index contributed by atoms with van der Waals surface area (Å²) in [6, 6.07) is 2.04. The Morgan fingerprint density at radius 3 is 2.48 bits per heavy atom.